The van der Waals surface area contributed by atoms with Gasteiger partial charge in [0.05, 0.1) is 0 Å². The van der Waals surface area contributed by atoms with Gasteiger partial charge in [0.2, 0.25) is 0 Å². The van der Waals surface area contributed by atoms with E-state index in [1.54, 1.807) is 17.8 Å². The zero-order valence-corrected chi connectivity index (χ0v) is 12.8. The van der Waals surface area contributed by atoms with Gasteiger partial charge in [0.1, 0.15) is 0 Å². The molecule has 0 saturated carbocycles. The Labute approximate surface area is 119 Å². The molecule has 0 aliphatic rings. The van der Waals surface area contributed by atoms with E-state index in [0.29, 0.717) is 5.92 Å². The van der Waals surface area contributed by atoms with Crippen LogP contribution in [0.4, 0.5) is 0 Å². The zero-order chi connectivity index (χ0) is 13.4. The normalized spacial score (nSPS) is 12.6. The monoisotopic (exact) mass is 286 g/mol. The lowest BCUT2D eigenvalue weighted by molar-refractivity contribution is 0.553. The molecule has 1 unspecified atom stereocenters. The SMILES string of the molecule is CCCc1cc(=O)[nH]c(SCCC(C)CCS)n1. The molecule has 1 heterocycles. The summed E-state index contributed by atoms with van der Waals surface area (Å²) < 4.78 is 0. The van der Waals surface area contributed by atoms with E-state index in [4.69, 9.17) is 0 Å². The van der Waals surface area contributed by atoms with Crippen LogP contribution in [0.25, 0.3) is 0 Å². The van der Waals surface area contributed by atoms with Crippen LogP contribution >= 0.6 is 24.4 Å². The molecule has 0 saturated heterocycles. The van der Waals surface area contributed by atoms with Crippen molar-refractivity contribution in [2.75, 3.05) is 11.5 Å². The molecule has 1 aromatic rings. The average Bonchev–Trinajstić information content (AvgIpc) is 2.29. The molecule has 0 spiro atoms. The van der Waals surface area contributed by atoms with Crippen LogP contribution < -0.4 is 5.56 Å². The third-order valence-electron chi connectivity index (χ3n) is 2.75. The van der Waals surface area contributed by atoms with Gasteiger partial charge in [-0.15, -0.1) is 0 Å². The topological polar surface area (TPSA) is 45.8 Å². The first kappa shape index (κ1) is 15.6. The van der Waals surface area contributed by atoms with Crippen molar-refractivity contribution in [1.82, 2.24) is 9.97 Å². The molecule has 0 radical (unpaired) electrons. The first-order valence-corrected chi connectivity index (χ1v) is 8.11. The van der Waals surface area contributed by atoms with Crippen molar-refractivity contribution in [2.24, 2.45) is 5.92 Å². The fourth-order valence-electron chi connectivity index (χ4n) is 1.66. The third-order valence-corrected chi connectivity index (χ3v) is 3.92. The van der Waals surface area contributed by atoms with Crippen molar-refractivity contribution in [2.45, 2.75) is 44.7 Å². The van der Waals surface area contributed by atoms with E-state index < -0.39 is 0 Å². The van der Waals surface area contributed by atoms with E-state index in [9.17, 15) is 4.79 Å². The van der Waals surface area contributed by atoms with Crippen LogP contribution in [0.3, 0.4) is 0 Å². The van der Waals surface area contributed by atoms with Crippen LogP contribution in [-0.2, 0) is 6.42 Å². The molecule has 0 aliphatic heterocycles. The molecule has 5 heteroatoms. The summed E-state index contributed by atoms with van der Waals surface area (Å²) in [7, 11) is 0. The Morgan fingerprint density at radius 1 is 1.50 bits per heavy atom. The highest BCUT2D eigenvalue weighted by Gasteiger charge is 2.04. The molecule has 0 amide bonds. The summed E-state index contributed by atoms with van der Waals surface area (Å²) in [6.45, 7) is 4.33. The number of nitrogens with zero attached hydrogens (tertiary/aromatic N) is 1. The first-order chi connectivity index (χ1) is 8.65. The Kier molecular flexibility index (Phi) is 7.51. The summed E-state index contributed by atoms with van der Waals surface area (Å²) >= 11 is 5.87. The quantitative estimate of drug-likeness (QED) is 0.438. The fourth-order valence-corrected chi connectivity index (χ4v) is 3.17. The van der Waals surface area contributed by atoms with E-state index in [2.05, 4.69) is 36.4 Å². The second kappa shape index (κ2) is 8.64. The number of thioether (sulfide) groups is 1. The number of thiol groups is 1. The summed E-state index contributed by atoms with van der Waals surface area (Å²) in [4.78, 5) is 18.7. The van der Waals surface area contributed by atoms with Gasteiger partial charge in [-0.25, -0.2) is 4.98 Å². The van der Waals surface area contributed by atoms with E-state index >= 15 is 0 Å². The predicted molar refractivity (Wildman–Crippen MR) is 81.8 cm³/mol. The highest BCUT2D eigenvalue weighted by atomic mass is 32.2. The Morgan fingerprint density at radius 3 is 2.94 bits per heavy atom. The van der Waals surface area contributed by atoms with Crippen LogP contribution in [0.2, 0.25) is 0 Å². The minimum atomic E-state index is -0.0423. The Bertz CT molecular complexity index is 406. The molecule has 1 N–H and O–H groups in total. The van der Waals surface area contributed by atoms with E-state index in [0.717, 1.165) is 48.0 Å². The maximum atomic E-state index is 11.5. The number of nitrogens with one attached hydrogen (secondary N) is 1. The largest absolute Gasteiger partial charge is 0.301 e. The van der Waals surface area contributed by atoms with Crippen molar-refractivity contribution in [3.63, 3.8) is 0 Å². The highest BCUT2D eigenvalue weighted by Crippen LogP contribution is 2.17. The second-order valence-corrected chi connectivity index (χ2v) is 6.08. The lowest BCUT2D eigenvalue weighted by Gasteiger charge is -2.08. The zero-order valence-electron chi connectivity index (χ0n) is 11.1. The van der Waals surface area contributed by atoms with Crippen molar-refractivity contribution in [3.05, 3.63) is 22.1 Å². The van der Waals surface area contributed by atoms with E-state index in [1.165, 1.54) is 0 Å². The molecule has 18 heavy (non-hydrogen) atoms. The van der Waals surface area contributed by atoms with Gasteiger partial charge in [-0.2, -0.15) is 12.6 Å². The lowest BCUT2D eigenvalue weighted by atomic mass is 10.1. The molecular formula is C13H22N2OS2. The molecular weight excluding hydrogens is 264 g/mol. The summed E-state index contributed by atoms with van der Waals surface area (Å²) in [6, 6.07) is 1.59. The van der Waals surface area contributed by atoms with Gasteiger partial charge in [0.25, 0.3) is 5.56 Å². The lowest BCUT2D eigenvalue weighted by Crippen LogP contribution is -2.10. The number of hydrogen-bond donors (Lipinski definition) is 2. The number of rotatable bonds is 8. The molecule has 0 bridgehead atoms. The van der Waals surface area contributed by atoms with Crippen molar-refractivity contribution < 1.29 is 0 Å². The smallest absolute Gasteiger partial charge is 0.251 e. The van der Waals surface area contributed by atoms with Crippen LogP contribution in [0.15, 0.2) is 16.0 Å². The Balaban J connectivity index is 2.49. The van der Waals surface area contributed by atoms with Gasteiger partial charge >= 0.3 is 0 Å². The summed E-state index contributed by atoms with van der Waals surface area (Å²) in [5, 5.41) is 0.754. The number of hydrogen-bond acceptors (Lipinski definition) is 4. The molecule has 1 atom stereocenters. The molecule has 102 valence electrons. The maximum absolute atomic E-state index is 11.5. The molecule has 3 nitrogen and oxygen atoms in total. The van der Waals surface area contributed by atoms with E-state index in [1.807, 2.05) is 0 Å². The highest BCUT2D eigenvalue weighted by molar-refractivity contribution is 7.99. The summed E-state index contributed by atoms with van der Waals surface area (Å²) in [6.07, 6.45) is 4.16. The van der Waals surface area contributed by atoms with Gasteiger partial charge in [0.15, 0.2) is 5.16 Å². The number of aromatic amines is 1. The van der Waals surface area contributed by atoms with Gasteiger partial charge < -0.3 is 4.98 Å². The van der Waals surface area contributed by atoms with Gasteiger partial charge in [-0.1, -0.05) is 32.0 Å². The van der Waals surface area contributed by atoms with Crippen LogP contribution in [0.5, 0.6) is 0 Å². The standard InChI is InChI=1S/C13H22N2OS2/c1-3-4-11-9-12(16)15-13(14-11)18-8-6-10(2)5-7-17/h9-10,17H,3-8H2,1-2H3,(H,14,15,16). The van der Waals surface area contributed by atoms with Gasteiger partial charge in [0, 0.05) is 17.5 Å². The number of aromatic nitrogens is 2. The number of H-pyrrole nitrogens is 1. The van der Waals surface area contributed by atoms with Crippen molar-refractivity contribution >= 4 is 24.4 Å². The average molecular weight is 286 g/mol. The predicted octanol–water partition coefficient (Wildman–Crippen LogP) is 3.16. The van der Waals surface area contributed by atoms with Gasteiger partial charge in [-0.05, 0) is 30.9 Å². The minimum absolute atomic E-state index is 0.0423. The third kappa shape index (κ3) is 5.96. The maximum Gasteiger partial charge on any atom is 0.251 e. The van der Waals surface area contributed by atoms with Gasteiger partial charge in [-0.3, -0.25) is 4.79 Å². The molecule has 0 fully saturated rings. The Hall–Kier alpha value is -0.420. The van der Waals surface area contributed by atoms with E-state index in [-0.39, 0.29) is 5.56 Å². The van der Waals surface area contributed by atoms with Crippen LogP contribution in [-0.4, -0.2) is 21.5 Å². The molecule has 1 aromatic heterocycles. The fraction of sp³-hybridized carbons (Fsp3) is 0.692. The van der Waals surface area contributed by atoms with Crippen molar-refractivity contribution in [3.8, 4) is 0 Å². The molecule has 0 aromatic carbocycles. The minimum Gasteiger partial charge on any atom is -0.301 e. The summed E-state index contributed by atoms with van der Waals surface area (Å²) in [5.41, 5.74) is 0.853. The van der Waals surface area contributed by atoms with Crippen LogP contribution in [0.1, 0.15) is 38.8 Å². The summed E-state index contributed by atoms with van der Waals surface area (Å²) in [5.74, 6) is 2.61. The van der Waals surface area contributed by atoms with Crippen LogP contribution in [0, 0.1) is 5.92 Å². The second-order valence-electron chi connectivity index (χ2n) is 4.55. The Morgan fingerprint density at radius 2 is 2.28 bits per heavy atom. The number of aryl methyl sites for hydroxylation is 1. The molecule has 1 rings (SSSR count). The first-order valence-electron chi connectivity index (χ1n) is 6.49. The van der Waals surface area contributed by atoms with Crippen molar-refractivity contribution in [1.29, 1.82) is 0 Å². The molecule has 0 aliphatic carbocycles.